The van der Waals surface area contributed by atoms with E-state index in [4.69, 9.17) is 9.72 Å². The molecule has 0 N–H and O–H groups in total. The van der Waals surface area contributed by atoms with Crippen LogP contribution in [0.5, 0.6) is 5.75 Å². The van der Waals surface area contributed by atoms with E-state index in [-0.39, 0.29) is 0 Å². The SMILES string of the molecule is COc1ccccc1-c1c(C#N)c(SCc2ccccc2)nc2c1CN(C)CC2. The lowest BCUT2D eigenvalue weighted by atomic mass is 9.91. The molecule has 29 heavy (non-hydrogen) atoms. The highest BCUT2D eigenvalue weighted by atomic mass is 32.2. The number of rotatable bonds is 5. The molecule has 2 aromatic carbocycles. The third-order valence-corrected chi connectivity index (χ3v) is 6.26. The van der Waals surface area contributed by atoms with Gasteiger partial charge in [0.25, 0.3) is 0 Å². The molecule has 0 unspecified atom stereocenters. The van der Waals surface area contributed by atoms with E-state index in [0.29, 0.717) is 5.56 Å². The van der Waals surface area contributed by atoms with Crippen molar-refractivity contribution in [3.63, 3.8) is 0 Å². The van der Waals surface area contributed by atoms with Crippen molar-refractivity contribution in [3.8, 4) is 22.9 Å². The molecule has 0 amide bonds. The fourth-order valence-corrected chi connectivity index (χ4v) is 4.72. The van der Waals surface area contributed by atoms with Crippen LogP contribution in [0.1, 0.15) is 22.4 Å². The van der Waals surface area contributed by atoms with Gasteiger partial charge in [0.05, 0.1) is 12.7 Å². The van der Waals surface area contributed by atoms with Crippen LogP contribution in [0.4, 0.5) is 0 Å². The first kappa shape index (κ1) is 19.5. The highest BCUT2D eigenvalue weighted by Gasteiger charge is 2.26. The predicted molar refractivity (Wildman–Crippen MR) is 117 cm³/mol. The predicted octanol–water partition coefficient (Wildman–Crippen LogP) is 4.91. The number of nitriles is 1. The summed E-state index contributed by atoms with van der Waals surface area (Å²) in [5.74, 6) is 1.57. The van der Waals surface area contributed by atoms with Gasteiger partial charge in [-0.25, -0.2) is 4.98 Å². The average molecular weight is 402 g/mol. The molecule has 3 aromatic rings. The lowest BCUT2D eigenvalue weighted by Gasteiger charge is -2.28. The maximum absolute atomic E-state index is 10.1. The van der Waals surface area contributed by atoms with Crippen LogP contribution in [-0.4, -0.2) is 30.6 Å². The highest BCUT2D eigenvalue weighted by molar-refractivity contribution is 7.98. The van der Waals surface area contributed by atoms with Crippen molar-refractivity contribution in [2.24, 2.45) is 0 Å². The van der Waals surface area contributed by atoms with E-state index in [1.807, 2.05) is 42.5 Å². The minimum absolute atomic E-state index is 0.643. The number of para-hydroxylation sites is 1. The Labute approximate surface area is 176 Å². The standard InChI is InChI=1S/C24H23N3OS/c1-27-13-12-21-20(15-27)23(18-10-6-7-11-22(18)28-2)19(14-25)24(26-21)29-16-17-8-4-3-5-9-17/h3-11H,12-13,15-16H2,1-2H3. The van der Waals surface area contributed by atoms with Gasteiger partial charge in [-0.15, -0.1) is 11.8 Å². The third kappa shape index (κ3) is 4.00. The van der Waals surface area contributed by atoms with E-state index in [1.54, 1.807) is 18.9 Å². The van der Waals surface area contributed by atoms with Gasteiger partial charge in [0.2, 0.25) is 0 Å². The van der Waals surface area contributed by atoms with E-state index < -0.39 is 0 Å². The zero-order valence-corrected chi connectivity index (χ0v) is 17.5. The molecule has 0 fully saturated rings. The molecule has 4 nitrogen and oxygen atoms in total. The summed E-state index contributed by atoms with van der Waals surface area (Å²) in [5.41, 5.74) is 6.03. The summed E-state index contributed by atoms with van der Waals surface area (Å²) in [6.07, 6.45) is 0.887. The number of hydrogen-bond donors (Lipinski definition) is 0. The number of methoxy groups -OCH3 is 1. The van der Waals surface area contributed by atoms with Crippen LogP contribution in [0.25, 0.3) is 11.1 Å². The summed E-state index contributed by atoms with van der Waals surface area (Å²) in [4.78, 5) is 7.23. The molecule has 4 rings (SSSR count). The van der Waals surface area contributed by atoms with Crippen LogP contribution in [0, 0.1) is 11.3 Å². The summed E-state index contributed by atoms with van der Waals surface area (Å²) in [6.45, 7) is 1.76. The monoisotopic (exact) mass is 401 g/mol. The lowest BCUT2D eigenvalue weighted by molar-refractivity contribution is 0.309. The summed E-state index contributed by atoms with van der Waals surface area (Å²) in [5, 5.41) is 10.9. The molecule has 0 saturated carbocycles. The average Bonchev–Trinajstić information content (AvgIpc) is 2.77. The second-order valence-electron chi connectivity index (χ2n) is 7.17. The van der Waals surface area contributed by atoms with Crippen molar-refractivity contribution in [1.29, 1.82) is 5.26 Å². The molecule has 1 aromatic heterocycles. The number of nitrogens with zero attached hydrogens (tertiary/aromatic N) is 3. The summed E-state index contributed by atoms with van der Waals surface area (Å²) >= 11 is 1.63. The number of fused-ring (bicyclic) bond motifs is 1. The number of likely N-dealkylation sites (N-methyl/N-ethyl adjacent to an activating group) is 1. The van der Waals surface area contributed by atoms with Gasteiger partial charge in [-0.3, -0.25) is 0 Å². The summed E-state index contributed by atoms with van der Waals surface area (Å²) < 4.78 is 5.64. The van der Waals surface area contributed by atoms with E-state index in [0.717, 1.165) is 58.4 Å². The van der Waals surface area contributed by atoms with Crippen LogP contribution < -0.4 is 4.74 Å². The molecule has 146 valence electrons. The first-order valence-electron chi connectivity index (χ1n) is 9.65. The third-order valence-electron chi connectivity index (χ3n) is 5.22. The Morgan fingerprint density at radius 3 is 2.66 bits per heavy atom. The van der Waals surface area contributed by atoms with Crippen molar-refractivity contribution >= 4 is 11.8 Å². The zero-order chi connectivity index (χ0) is 20.2. The molecule has 0 aliphatic carbocycles. The van der Waals surface area contributed by atoms with Gasteiger partial charge in [-0.2, -0.15) is 5.26 Å². The van der Waals surface area contributed by atoms with Crippen LogP contribution in [0.3, 0.4) is 0 Å². The van der Waals surface area contributed by atoms with Gasteiger partial charge in [-0.05, 0) is 24.2 Å². The van der Waals surface area contributed by atoms with Crippen molar-refractivity contribution < 1.29 is 4.74 Å². The Balaban J connectivity index is 1.86. The summed E-state index contributed by atoms with van der Waals surface area (Å²) in [6, 6.07) is 20.7. The van der Waals surface area contributed by atoms with E-state index >= 15 is 0 Å². The topological polar surface area (TPSA) is 49.1 Å². The van der Waals surface area contributed by atoms with E-state index in [9.17, 15) is 5.26 Å². The molecule has 1 aliphatic heterocycles. The van der Waals surface area contributed by atoms with Gasteiger partial charge >= 0.3 is 0 Å². The number of ether oxygens (including phenoxy) is 1. The minimum Gasteiger partial charge on any atom is -0.496 e. The normalized spacial score (nSPS) is 13.6. The number of benzene rings is 2. The van der Waals surface area contributed by atoms with Crippen LogP contribution in [0.15, 0.2) is 59.6 Å². The van der Waals surface area contributed by atoms with Gasteiger partial charge in [-0.1, -0.05) is 48.5 Å². The summed E-state index contributed by atoms with van der Waals surface area (Å²) in [7, 11) is 3.79. The smallest absolute Gasteiger partial charge is 0.126 e. The van der Waals surface area contributed by atoms with Crippen LogP contribution in [-0.2, 0) is 18.7 Å². The molecule has 0 saturated heterocycles. The Morgan fingerprint density at radius 1 is 1.14 bits per heavy atom. The molecule has 0 bridgehead atoms. The number of pyridine rings is 1. The molecule has 0 atom stereocenters. The first-order chi connectivity index (χ1) is 14.2. The largest absolute Gasteiger partial charge is 0.496 e. The Hall–Kier alpha value is -2.81. The van der Waals surface area contributed by atoms with Gasteiger partial charge < -0.3 is 9.64 Å². The maximum atomic E-state index is 10.1. The zero-order valence-electron chi connectivity index (χ0n) is 16.7. The number of hydrogen-bond acceptors (Lipinski definition) is 5. The van der Waals surface area contributed by atoms with Crippen LogP contribution in [0.2, 0.25) is 0 Å². The van der Waals surface area contributed by atoms with E-state index in [2.05, 4.69) is 30.1 Å². The van der Waals surface area contributed by atoms with Crippen LogP contribution >= 0.6 is 11.8 Å². The van der Waals surface area contributed by atoms with Crippen molar-refractivity contribution in [2.45, 2.75) is 23.7 Å². The van der Waals surface area contributed by atoms with Gasteiger partial charge in [0.1, 0.15) is 16.8 Å². The molecule has 5 heteroatoms. The van der Waals surface area contributed by atoms with Crippen molar-refractivity contribution in [2.75, 3.05) is 20.7 Å². The molecule has 1 aliphatic rings. The molecule has 0 radical (unpaired) electrons. The minimum atomic E-state index is 0.643. The molecule has 0 spiro atoms. The Bertz CT molecular complexity index is 1060. The number of aromatic nitrogens is 1. The number of thioether (sulfide) groups is 1. The Morgan fingerprint density at radius 2 is 1.90 bits per heavy atom. The second kappa shape index (κ2) is 8.69. The lowest BCUT2D eigenvalue weighted by Crippen LogP contribution is -2.28. The fraction of sp³-hybridized carbons (Fsp3) is 0.250. The first-order valence-corrected chi connectivity index (χ1v) is 10.6. The van der Waals surface area contributed by atoms with Crippen molar-refractivity contribution in [1.82, 2.24) is 9.88 Å². The fourth-order valence-electron chi connectivity index (χ4n) is 3.75. The quantitative estimate of drug-likeness (QED) is 0.569. The Kier molecular flexibility index (Phi) is 5.84. The maximum Gasteiger partial charge on any atom is 0.126 e. The highest BCUT2D eigenvalue weighted by Crippen LogP contribution is 2.41. The van der Waals surface area contributed by atoms with Gasteiger partial charge in [0, 0.05) is 42.1 Å². The molecule has 2 heterocycles. The van der Waals surface area contributed by atoms with Gasteiger partial charge in [0.15, 0.2) is 0 Å². The second-order valence-corrected chi connectivity index (χ2v) is 8.13. The molecular weight excluding hydrogens is 378 g/mol. The van der Waals surface area contributed by atoms with E-state index in [1.165, 1.54) is 5.56 Å². The molecular formula is C24H23N3OS. The van der Waals surface area contributed by atoms with Crippen molar-refractivity contribution in [3.05, 3.63) is 77.0 Å².